The maximum atomic E-state index is 12.3. The molecule has 0 bridgehead atoms. The van der Waals surface area contributed by atoms with Crippen LogP contribution in [0.4, 0.5) is 5.82 Å². The van der Waals surface area contributed by atoms with E-state index in [-0.39, 0.29) is 17.4 Å². The standard InChI is InChI=1S/C41H49N7O3/c1-4-33(49)48-23-41(24-48)13-15-46(16-14-41)38-30-19-29(26-8-9-26)35(34-25(3)7-10-32-31(34)20-42-45-32)37(50-5-2)36(30)43-39(44-38)51-28-17-27(18-28)47-21-40(22-47)11-6-12-40/h4,7,10,19-20,26-28H,1,5-6,8-9,11-18,21-24H2,2-3H3,(H,42,45)/t27-,28-. The number of H-pyrrole nitrogens is 1. The van der Waals surface area contributed by atoms with Gasteiger partial charge in [-0.25, -0.2) is 0 Å². The minimum absolute atomic E-state index is 0.0368. The SMILES string of the molecule is C=CC(=O)N1CC2(CCN(c3nc(O[C@H]4C[C@H](N5CC6(CCC6)C5)C4)nc4c(OCC)c(-c5c(C)ccc6[nH]ncc56)c(C5CC5)cc34)CC2)C1. The van der Waals surface area contributed by atoms with Gasteiger partial charge in [-0.1, -0.05) is 19.1 Å². The first kappa shape index (κ1) is 31.5. The molecule has 6 aliphatic rings. The van der Waals surface area contributed by atoms with Crippen LogP contribution in [0.25, 0.3) is 32.9 Å². The molecule has 2 aromatic heterocycles. The number of hydrogen-bond acceptors (Lipinski definition) is 8. The van der Waals surface area contributed by atoms with E-state index in [4.69, 9.17) is 19.4 Å². The van der Waals surface area contributed by atoms with Crippen molar-refractivity contribution in [2.24, 2.45) is 10.8 Å². The van der Waals surface area contributed by atoms with E-state index in [0.717, 1.165) is 104 Å². The number of aromatic nitrogens is 4. The van der Waals surface area contributed by atoms with Crippen LogP contribution in [0.15, 0.2) is 37.1 Å². The summed E-state index contributed by atoms with van der Waals surface area (Å²) < 4.78 is 13.4. The molecule has 6 fully saturated rings. The molecular weight excluding hydrogens is 638 g/mol. The maximum absolute atomic E-state index is 12.3. The summed E-state index contributed by atoms with van der Waals surface area (Å²) >= 11 is 0. The molecule has 10 rings (SSSR count). The number of carbonyl (C=O) groups is 1. The average Bonchev–Trinajstić information content (AvgIpc) is 3.80. The number of anilines is 1. The number of carbonyl (C=O) groups excluding carboxylic acids is 1. The van der Waals surface area contributed by atoms with Crippen LogP contribution in [-0.4, -0.2) is 93.9 Å². The number of ether oxygens (including phenoxy) is 2. The molecule has 266 valence electrons. The van der Waals surface area contributed by atoms with Crippen LogP contribution in [0, 0.1) is 17.8 Å². The van der Waals surface area contributed by atoms with Crippen molar-refractivity contribution in [2.75, 3.05) is 50.8 Å². The van der Waals surface area contributed by atoms with Gasteiger partial charge in [0.2, 0.25) is 5.91 Å². The molecule has 0 atom stereocenters. The monoisotopic (exact) mass is 687 g/mol. The third-order valence-electron chi connectivity index (χ3n) is 13.3. The number of aryl methyl sites for hydroxylation is 1. The minimum atomic E-state index is 0.0368. The molecule has 1 amide bonds. The normalized spacial score (nSPS) is 25.0. The summed E-state index contributed by atoms with van der Waals surface area (Å²) in [5, 5.41) is 9.77. The van der Waals surface area contributed by atoms with E-state index < -0.39 is 0 Å². The summed E-state index contributed by atoms with van der Waals surface area (Å²) in [5.41, 5.74) is 7.47. The van der Waals surface area contributed by atoms with E-state index in [9.17, 15) is 4.79 Å². The summed E-state index contributed by atoms with van der Waals surface area (Å²) in [4.78, 5) is 29.8. The van der Waals surface area contributed by atoms with Crippen LogP contribution >= 0.6 is 0 Å². The molecule has 10 heteroatoms. The zero-order valence-electron chi connectivity index (χ0n) is 30.0. The summed E-state index contributed by atoms with van der Waals surface area (Å²) in [6.45, 7) is 14.4. The van der Waals surface area contributed by atoms with Gasteiger partial charge in [-0.2, -0.15) is 15.1 Å². The van der Waals surface area contributed by atoms with Crippen molar-refractivity contribution in [1.29, 1.82) is 0 Å². The van der Waals surface area contributed by atoms with E-state index in [1.165, 1.54) is 55.1 Å². The summed E-state index contributed by atoms with van der Waals surface area (Å²) in [6, 6.07) is 7.73. The Hall–Kier alpha value is -4.18. The third-order valence-corrected chi connectivity index (χ3v) is 13.3. The number of fused-ring (bicyclic) bond motifs is 2. The van der Waals surface area contributed by atoms with E-state index in [1.807, 2.05) is 11.1 Å². The Morgan fingerprint density at radius 1 is 1.02 bits per heavy atom. The number of hydrogen-bond donors (Lipinski definition) is 1. The fourth-order valence-corrected chi connectivity index (χ4v) is 9.94. The van der Waals surface area contributed by atoms with Crippen molar-refractivity contribution in [3.63, 3.8) is 0 Å². The number of benzene rings is 2. The molecule has 0 radical (unpaired) electrons. The second-order valence-corrected chi connectivity index (χ2v) is 16.7. The molecule has 4 aromatic rings. The quantitative estimate of drug-likeness (QED) is 0.193. The zero-order chi connectivity index (χ0) is 34.5. The van der Waals surface area contributed by atoms with Gasteiger partial charge in [-0.3, -0.25) is 14.8 Å². The predicted octanol–water partition coefficient (Wildman–Crippen LogP) is 6.77. The summed E-state index contributed by atoms with van der Waals surface area (Å²) in [5.74, 6) is 2.27. The van der Waals surface area contributed by atoms with Crippen molar-refractivity contribution < 1.29 is 14.3 Å². The number of nitrogens with one attached hydrogen (secondary N) is 1. The van der Waals surface area contributed by atoms with Crippen LogP contribution in [0.5, 0.6) is 11.8 Å². The lowest BCUT2D eigenvalue weighted by Gasteiger charge is -2.60. The highest BCUT2D eigenvalue weighted by molar-refractivity contribution is 6.06. The molecule has 0 unspecified atom stereocenters. The highest BCUT2D eigenvalue weighted by Crippen LogP contribution is 2.54. The van der Waals surface area contributed by atoms with Crippen LogP contribution in [0.3, 0.4) is 0 Å². The second kappa shape index (κ2) is 11.7. The fourth-order valence-electron chi connectivity index (χ4n) is 9.94. The first-order valence-corrected chi connectivity index (χ1v) is 19.4. The number of aromatic amines is 1. The second-order valence-electron chi connectivity index (χ2n) is 16.7. The number of nitrogens with zero attached hydrogens (tertiary/aromatic N) is 6. The van der Waals surface area contributed by atoms with Gasteiger partial charge in [-0.15, -0.1) is 0 Å². The molecular formula is C41H49N7O3. The molecule has 10 nitrogen and oxygen atoms in total. The molecule has 3 saturated heterocycles. The van der Waals surface area contributed by atoms with Crippen LogP contribution in [-0.2, 0) is 4.79 Å². The topological polar surface area (TPSA) is 99.7 Å². The molecule has 1 N–H and O–H groups in total. The molecule has 2 spiro atoms. The molecule has 51 heavy (non-hydrogen) atoms. The van der Waals surface area contributed by atoms with Gasteiger partial charge in [0.15, 0.2) is 5.75 Å². The van der Waals surface area contributed by atoms with Gasteiger partial charge in [-0.05, 0) is 98.6 Å². The smallest absolute Gasteiger partial charge is 0.319 e. The Morgan fingerprint density at radius 2 is 1.78 bits per heavy atom. The number of rotatable bonds is 9. The van der Waals surface area contributed by atoms with Crippen LogP contribution < -0.4 is 14.4 Å². The zero-order valence-corrected chi connectivity index (χ0v) is 30.0. The largest absolute Gasteiger partial charge is 0.491 e. The fraction of sp³-hybridized carbons (Fsp3) is 0.561. The Labute approximate surface area is 299 Å². The van der Waals surface area contributed by atoms with Gasteiger partial charge in [0.05, 0.1) is 18.3 Å². The van der Waals surface area contributed by atoms with Crippen molar-refractivity contribution in [2.45, 2.75) is 89.7 Å². The summed E-state index contributed by atoms with van der Waals surface area (Å²) in [6.07, 6.45) is 14.2. The lowest BCUT2D eigenvalue weighted by atomic mass is 9.62. The Balaban J connectivity index is 1.04. The van der Waals surface area contributed by atoms with E-state index in [0.29, 0.717) is 30.0 Å². The van der Waals surface area contributed by atoms with Gasteiger partial charge in [0, 0.05) is 79.9 Å². The number of piperidine rings is 1. The van der Waals surface area contributed by atoms with Gasteiger partial charge >= 0.3 is 6.01 Å². The van der Waals surface area contributed by atoms with Crippen molar-refractivity contribution in [1.82, 2.24) is 30.0 Å². The van der Waals surface area contributed by atoms with E-state index in [2.05, 4.69) is 58.6 Å². The predicted molar refractivity (Wildman–Crippen MR) is 198 cm³/mol. The van der Waals surface area contributed by atoms with Gasteiger partial charge in [0.1, 0.15) is 17.4 Å². The van der Waals surface area contributed by atoms with Gasteiger partial charge < -0.3 is 19.3 Å². The van der Waals surface area contributed by atoms with E-state index >= 15 is 0 Å². The molecule has 5 heterocycles. The van der Waals surface area contributed by atoms with Crippen molar-refractivity contribution >= 4 is 33.5 Å². The molecule has 3 saturated carbocycles. The first-order chi connectivity index (χ1) is 24.8. The Kier molecular flexibility index (Phi) is 7.22. The van der Waals surface area contributed by atoms with Crippen LogP contribution in [0.1, 0.15) is 81.8 Å². The molecule has 2 aromatic carbocycles. The maximum Gasteiger partial charge on any atom is 0.319 e. The lowest BCUT2D eigenvalue weighted by Crippen LogP contribution is -2.65. The highest BCUT2D eigenvalue weighted by atomic mass is 16.5. The minimum Gasteiger partial charge on any atom is -0.491 e. The van der Waals surface area contributed by atoms with Crippen LogP contribution in [0.2, 0.25) is 0 Å². The Bertz CT molecular complexity index is 2040. The van der Waals surface area contributed by atoms with E-state index in [1.54, 1.807) is 0 Å². The third kappa shape index (κ3) is 5.14. The first-order valence-electron chi connectivity index (χ1n) is 19.4. The number of likely N-dealkylation sites (tertiary alicyclic amines) is 2. The highest BCUT2D eigenvalue weighted by Gasteiger charge is 2.52. The summed E-state index contributed by atoms with van der Waals surface area (Å²) in [7, 11) is 0. The molecule has 3 aliphatic heterocycles. The van der Waals surface area contributed by atoms with Crippen molar-refractivity contribution in [3.05, 3.63) is 48.2 Å². The van der Waals surface area contributed by atoms with Gasteiger partial charge in [0.25, 0.3) is 0 Å². The Morgan fingerprint density at radius 3 is 2.47 bits per heavy atom. The average molecular weight is 688 g/mol. The van der Waals surface area contributed by atoms with Crippen molar-refractivity contribution in [3.8, 4) is 22.9 Å². The number of amides is 1. The lowest BCUT2D eigenvalue weighted by molar-refractivity contribution is -0.139. The molecule has 3 aliphatic carbocycles.